The molecule has 0 fully saturated rings. The van der Waals surface area contributed by atoms with E-state index in [0.29, 0.717) is 24.5 Å². The van der Waals surface area contributed by atoms with E-state index in [2.05, 4.69) is 26.0 Å². The van der Waals surface area contributed by atoms with Gasteiger partial charge in [-0.1, -0.05) is 0 Å². The Hall–Kier alpha value is 0.01000. The molecule has 0 bridgehead atoms. The van der Waals surface area contributed by atoms with Crippen molar-refractivity contribution >= 4 is 37.3 Å². The fourth-order valence-electron chi connectivity index (χ4n) is 1.36. The second kappa shape index (κ2) is 6.97. The van der Waals surface area contributed by atoms with Crippen molar-refractivity contribution in [2.75, 3.05) is 19.6 Å². The van der Waals surface area contributed by atoms with Crippen LogP contribution in [-0.2, 0) is 10.0 Å². The monoisotopic (exact) mass is 356 g/mol. The van der Waals surface area contributed by atoms with Crippen LogP contribution in [0.1, 0.15) is 11.8 Å². The molecular weight excluding hydrogens is 340 g/mol. The average molecular weight is 357 g/mol. The van der Waals surface area contributed by atoms with Gasteiger partial charge in [0.25, 0.3) is 0 Å². The molecule has 3 N–H and O–H groups in total. The van der Waals surface area contributed by atoms with Crippen molar-refractivity contribution in [1.29, 1.82) is 0 Å². The Kier molecular flexibility index (Phi) is 6.22. The minimum atomic E-state index is -3.44. The number of sulfonamides is 1. The first-order valence-corrected chi connectivity index (χ1v) is 8.56. The van der Waals surface area contributed by atoms with E-state index in [9.17, 15) is 8.42 Å². The zero-order valence-corrected chi connectivity index (χ0v) is 13.5. The van der Waals surface area contributed by atoms with Gasteiger partial charge in [0.1, 0.15) is 0 Å². The highest BCUT2D eigenvalue weighted by molar-refractivity contribution is 9.11. The van der Waals surface area contributed by atoms with Crippen molar-refractivity contribution in [3.63, 3.8) is 0 Å². The molecule has 1 rings (SSSR count). The number of aryl methyl sites for hydroxylation is 1. The number of aliphatic hydroxyl groups is 1. The lowest BCUT2D eigenvalue weighted by Crippen LogP contribution is -2.34. The predicted molar refractivity (Wildman–Crippen MR) is 76.5 cm³/mol. The minimum Gasteiger partial charge on any atom is -0.392 e. The molecule has 1 aromatic rings. The van der Waals surface area contributed by atoms with Crippen molar-refractivity contribution in [3.8, 4) is 0 Å². The number of aliphatic hydroxyl groups excluding tert-OH is 1. The SMILES string of the molecule is Cc1sc(Br)cc1S(=O)(=O)NCCNCC(C)O. The van der Waals surface area contributed by atoms with E-state index in [1.165, 1.54) is 11.3 Å². The Labute approximate surface area is 120 Å². The van der Waals surface area contributed by atoms with E-state index in [1.54, 1.807) is 19.9 Å². The Morgan fingerprint density at radius 2 is 2.17 bits per heavy atom. The third-order valence-corrected chi connectivity index (χ3v) is 5.44. The minimum absolute atomic E-state index is 0.294. The molecule has 0 aliphatic carbocycles. The van der Waals surface area contributed by atoms with Gasteiger partial charge in [-0.2, -0.15) is 0 Å². The molecule has 0 spiro atoms. The standard InChI is InChI=1S/C10H17BrN2O3S2/c1-7(14)6-12-3-4-13-18(15,16)9-5-10(11)17-8(9)2/h5,7,12-14H,3-4,6H2,1-2H3. The van der Waals surface area contributed by atoms with Crippen LogP contribution in [0.3, 0.4) is 0 Å². The number of hydrogen-bond acceptors (Lipinski definition) is 5. The van der Waals surface area contributed by atoms with Crippen LogP contribution in [0, 0.1) is 6.92 Å². The van der Waals surface area contributed by atoms with Gasteiger partial charge in [-0.15, -0.1) is 11.3 Å². The van der Waals surface area contributed by atoms with Crippen LogP contribution < -0.4 is 10.0 Å². The van der Waals surface area contributed by atoms with Gasteiger partial charge in [-0.05, 0) is 35.8 Å². The van der Waals surface area contributed by atoms with Gasteiger partial charge in [-0.25, -0.2) is 13.1 Å². The van der Waals surface area contributed by atoms with Crippen LogP contribution in [0.4, 0.5) is 0 Å². The summed E-state index contributed by atoms with van der Waals surface area (Å²) in [6, 6.07) is 1.60. The molecule has 5 nitrogen and oxygen atoms in total. The van der Waals surface area contributed by atoms with Gasteiger partial charge in [0.2, 0.25) is 10.0 Å². The van der Waals surface area contributed by atoms with E-state index in [4.69, 9.17) is 5.11 Å². The van der Waals surface area contributed by atoms with Crippen molar-refractivity contribution in [3.05, 3.63) is 14.7 Å². The van der Waals surface area contributed by atoms with E-state index in [1.807, 2.05) is 0 Å². The van der Waals surface area contributed by atoms with Gasteiger partial charge in [0.05, 0.1) is 14.8 Å². The molecule has 18 heavy (non-hydrogen) atoms. The third-order valence-electron chi connectivity index (χ3n) is 2.17. The Morgan fingerprint density at radius 3 is 2.67 bits per heavy atom. The summed E-state index contributed by atoms with van der Waals surface area (Å²) in [7, 11) is -3.44. The van der Waals surface area contributed by atoms with Crippen LogP contribution in [0.15, 0.2) is 14.7 Å². The summed E-state index contributed by atoms with van der Waals surface area (Å²) in [5.74, 6) is 0. The molecule has 0 saturated heterocycles. The number of rotatable bonds is 7. The molecule has 8 heteroatoms. The third kappa shape index (κ3) is 4.94. The van der Waals surface area contributed by atoms with Crippen LogP contribution in [-0.4, -0.2) is 39.3 Å². The highest BCUT2D eigenvalue weighted by Crippen LogP contribution is 2.29. The first kappa shape index (κ1) is 16.1. The highest BCUT2D eigenvalue weighted by atomic mass is 79.9. The molecule has 0 aliphatic rings. The van der Waals surface area contributed by atoms with Gasteiger partial charge < -0.3 is 10.4 Å². The maximum absolute atomic E-state index is 12.0. The van der Waals surface area contributed by atoms with Crippen LogP contribution >= 0.6 is 27.3 Å². The van der Waals surface area contributed by atoms with Gasteiger partial charge in [0, 0.05) is 24.5 Å². The molecule has 0 amide bonds. The molecule has 1 aromatic heterocycles. The van der Waals surface area contributed by atoms with Crippen molar-refractivity contribution < 1.29 is 13.5 Å². The van der Waals surface area contributed by atoms with Gasteiger partial charge in [0.15, 0.2) is 0 Å². The fraction of sp³-hybridized carbons (Fsp3) is 0.600. The molecule has 0 saturated carbocycles. The van der Waals surface area contributed by atoms with E-state index < -0.39 is 16.1 Å². The molecule has 1 unspecified atom stereocenters. The van der Waals surface area contributed by atoms with Crippen LogP contribution in [0.25, 0.3) is 0 Å². The Bertz CT molecular complexity index is 485. The summed E-state index contributed by atoms with van der Waals surface area (Å²) in [6.07, 6.45) is -0.434. The number of nitrogens with one attached hydrogen (secondary N) is 2. The summed E-state index contributed by atoms with van der Waals surface area (Å²) in [6.45, 7) is 4.67. The first-order chi connectivity index (χ1) is 8.33. The number of hydrogen-bond donors (Lipinski definition) is 3. The zero-order valence-electron chi connectivity index (χ0n) is 10.2. The lowest BCUT2D eigenvalue weighted by molar-refractivity contribution is 0.192. The topological polar surface area (TPSA) is 78.4 Å². The first-order valence-electron chi connectivity index (χ1n) is 5.47. The summed E-state index contributed by atoms with van der Waals surface area (Å²) < 4.78 is 27.2. The van der Waals surface area contributed by atoms with E-state index in [0.717, 1.165) is 8.66 Å². The summed E-state index contributed by atoms with van der Waals surface area (Å²) in [5, 5.41) is 12.0. The normalized spacial score (nSPS) is 13.8. The molecule has 1 heterocycles. The number of halogens is 1. The second-order valence-corrected chi connectivity index (χ2v) is 8.29. The zero-order chi connectivity index (χ0) is 13.8. The summed E-state index contributed by atoms with van der Waals surface area (Å²) in [4.78, 5) is 1.07. The van der Waals surface area contributed by atoms with Crippen LogP contribution in [0.5, 0.6) is 0 Å². The molecule has 0 aliphatic heterocycles. The predicted octanol–water partition coefficient (Wildman–Crippen LogP) is 1.07. The maximum Gasteiger partial charge on any atom is 0.241 e. The summed E-state index contributed by atoms with van der Waals surface area (Å²) >= 11 is 4.66. The van der Waals surface area contributed by atoms with Crippen molar-refractivity contribution in [2.24, 2.45) is 0 Å². The highest BCUT2D eigenvalue weighted by Gasteiger charge is 2.18. The molecular formula is C10H17BrN2O3S2. The summed E-state index contributed by atoms with van der Waals surface area (Å²) in [5.41, 5.74) is 0. The molecule has 104 valence electrons. The Balaban J connectivity index is 2.48. The molecule has 1 atom stereocenters. The van der Waals surface area contributed by atoms with Crippen LogP contribution in [0.2, 0.25) is 0 Å². The number of thiophene rings is 1. The van der Waals surface area contributed by atoms with Gasteiger partial charge >= 0.3 is 0 Å². The maximum atomic E-state index is 12.0. The largest absolute Gasteiger partial charge is 0.392 e. The quantitative estimate of drug-likeness (QED) is 0.638. The molecule has 0 radical (unpaired) electrons. The van der Waals surface area contributed by atoms with Gasteiger partial charge in [-0.3, -0.25) is 0 Å². The lowest BCUT2D eigenvalue weighted by atomic mass is 10.4. The smallest absolute Gasteiger partial charge is 0.241 e. The lowest BCUT2D eigenvalue weighted by Gasteiger charge is -2.08. The fourth-order valence-corrected chi connectivity index (χ4v) is 4.80. The van der Waals surface area contributed by atoms with E-state index >= 15 is 0 Å². The van der Waals surface area contributed by atoms with Crippen molar-refractivity contribution in [2.45, 2.75) is 24.8 Å². The molecule has 0 aromatic carbocycles. The second-order valence-electron chi connectivity index (χ2n) is 3.92. The van der Waals surface area contributed by atoms with E-state index in [-0.39, 0.29) is 0 Å². The Morgan fingerprint density at radius 1 is 1.50 bits per heavy atom. The average Bonchev–Trinajstić information content (AvgIpc) is 2.57. The van der Waals surface area contributed by atoms with Crippen molar-refractivity contribution in [1.82, 2.24) is 10.0 Å².